The van der Waals surface area contributed by atoms with Gasteiger partial charge in [0.15, 0.2) is 0 Å². The van der Waals surface area contributed by atoms with E-state index in [1.807, 2.05) is 0 Å². The Bertz CT molecular complexity index is 670. The van der Waals surface area contributed by atoms with Gasteiger partial charge in [-0.15, -0.1) is 12.4 Å². The first-order chi connectivity index (χ1) is 8.66. The van der Waals surface area contributed by atoms with Crippen LogP contribution in [0, 0.1) is 11.7 Å². The Morgan fingerprint density at radius 3 is 2.79 bits per heavy atom. The summed E-state index contributed by atoms with van der Waals surface area (Å²) in [6.45, 7) is 0. The highest BCUT2D eigenvalue weighted by atomic mass is 35.5. The van der Waals surface area contributed by atoms with Crippen LogP contribution in [0.4, 0.5) is 10.1 Å². The lowest BCUT2D eigenvalue weighted by molar-refractivity contribution is 0.0284. The van der Waals surface area contributed by atoms with Crippen molar-refractivity contribution in [2.24, 2.45) is 5.92 Å². The molecule has 19 heavy (non-hydrogen) atoms. The molecule has 0 spiro atoms. The molecule has 3 N–H and O–H groups in total. The number of anilines is 1. The van der Waals surface area contributed by atoms with Crippen LogP contribution in [0.3, 0.4) is 0 Å². The molecule has 1 aromatic carbocycles. The Balaban J connectivity index is 0.00000110. The van der Waals surface area contributed by atoms with Crippen LogP contribution >= 0.6 is 12.4 Å². The maximum absolute atomic E-state index is 13.9. The molecule has 1 aromatic heterocycles. The molecule has 3 aliphatic carbocycles. The second-order valence-corrected chi connectivity index (χ2v) is 5.33. The van der Waals surface area contributed by atoms with Crippen LogP contribution in [0.25, 0.3) is 10.9 Å². The number of pyridine rings is 1. The smallest absolute Gasteiger partial charge is 0.134 e. The van der Waals surface area contributed by atoms with E-state index in [1.54, 1.807) is 12.1 Å². The number of halogens is 2. The van der Waals surface area contributed by atoms with Gasteiger partial charge in [0.1, 0.15) is 5.82 Å². The van der Waals surface area contributed by atoms with Crippen LogP contribution in [0.5, 0.6) is 0 Å². The fourth-order valence-corrected chi connectivity index (χ4v) is 3.34. The van der Waals surface area contributed by atoms with Gasteiger partial charge in [0, 0.05) is 11.5 Å². The molecule has 1 heterocycles. The van der Waals surface area contributed by atoms with Gasteiger partial charge in [-0.25, -0.2) is 4.39 Å². The van der Waals surface area contributed by atoms with Crippen molar-refractivity contribution in [1.29, 1.82) is 0 Å². The van der Waals surface area contributed by atoms with Gasteiger partial charge in [-0.1, -0.05) is 6.07 Å². The molecule has 1 saturated carbocycles. The Morgan fingerprint density at radius 1 is 1.32 bits per heavy atom. The quantitative estimate of drug-likeness (QED) is 0.780. The molecular formula is C14H14ClFN2O. The maximum Gasteiger partial charge on any atom is 0.134 e. The van der Waals surface area contributed by atoms with Crippen LogP contribution in [-0.4, -0.2) is 10.1 Å². The van der Waals surface area contributed by atoms with E-state index >= 15 is 0 Å². The third kappa shape index (κ3) is 1.50. The second-order valence-electron chi connectivity index (χ2n) is 5.33. The summed E-state index contributed by atoms with van der Waals surface area (Å²) in [4.78, 5) is 4.53. The number of aromatic nitrogens is 1. The van der Waals surface area contributed by atoms with Crippen LogP contribution in [0.2, 0.25) is 0 Å². The topological polar surface area (TPSA) is 59.1 Å². The van der Waals surface area contributed by atoms with E-state index in [4.69, 9.17) is 5.73 Å². The van der Waals surface area contributed by atoms with Crippen LogP contribution in [0.15, 0.2) is 18.2 Å². The lowest BCUT2D eigenvalue weighted by atomic mass is 9.62. The van der Waals surface area contributed by atoms with Crippen molar-refractivity contribution in [2.75, 3.05) is 5.73 Å². The van der Waals surface area contributed by atoms with E-state index < -0.39 is 6.10 Å². The highest BCUT2D eigenvalue weighted by Crippen LogP contribution is 2.56. The molecule has 0 saturated heterocycles. The number of hydrogen-bond donors (Lipinski definition) is 2. The van der Waals surface area contributed by atoms with Gasteiger partial charge in [-0.3, -0.25) is 4.98 Å². The summed E-state index contributed by atoms with van der Waals surface area (Å²) in [7, 11) is 0. The molecule has 5 rings (SSSR count). The van der Waals surface area contributed by atoms with E-state index in [1.165, 1.54) is 6.07 Å². The molecule has 1 fully saturated rings. The van der Waals surface area contributed by atoms with E-state index in [2.05, 4.69) is 4.98 Å². The molecule has 3 aliphatic rings. The Kier molecular flexibility index (Phi) is 2.69. The first-order valence-corrected chi connectivity index (χ1v) is 6.22. The second kappa shape index (κ2) is 4.05. The van der Waals surface area contributed by atoms with Gasteiger partial charge in [0.05, 0.1) is 28.4 Å². The molecule has 1 unspecified atom stereocenters. The van der Waals surface area contributed by atoms with Gasteiger partial charge in [0.25, 0.3) is 0 Å². The fraction of sp³-hybridized carbons (Fsp3) is 0.357. The van der Waals surface area contributed by atoms with E-state index in [0.717, 1.165) is 18.5 Å². The first-order valence-electron chi connectivity index (χ1n) is 6.22. The Labute approximate surface area is 116 Å². The van der Waals surface area contributed by atoms with Crippen LogP contribution in [0.1, 0.15) is 36.1 Å². The summed E-state index contributed by atoms with van der Waals surface area (Å²) in [5, 5.41) is 10.6. The minimum atomic E-state index is -0.582. The maximum atomic E-state index is 13.9. The number of rotatable bonds is 0. The first kappa shape index (κ1) is 12.6. The zero-order valence-electron chi connectivity index (χ0n) is 10.1. The van der Waals surface area contributed by atoms with Gasteiger partial charge >= 0.3 is 0 Å². The number of aliphatic hydroxyl groups excluding tert-OH is 1. The summed E-state index contributed by atoms with van der Waals surface area (Å²) in [6, 6.07) is 4.79. The fourth-order valence-electron chi connectivity index (χ4n) is 3.34. The van der Waals surface area contributed by atoms with E-state index in [-0.39, 0.29) is 24.1 Å². The minimum absolute atomic E-state index is 0. The van der Waals surface area contributed by atoms with Crippen molar-refractivity contribution in [3.63, 3.8) is 0 Å². The number of hydrogen-bond acceptors (Lipinski definition) is 3. The van der Waals surface area contributed by atoms with Gasteiger partial charge in [-0.05, 0) is 30.9 Å². The Morgan fingerprint density at radius 2 is 2.05 bits per heavy atom. The predicted molar refractivity (Wildman–Crippen MR) is 73.8 cm³/mol. The van der Waals surface area contributed by atoms with Gasteiger partial charge < -0.3 is 10.8 Å². The predicted octanol–water partition coefficient (Wildman–Crippen LogP) is 2.92. The largest absolute Gasteiger partial charge is 0.398 e. The monoisotopic (exact) mass is 280 g/mol. The van der Waals surface area contributed by atoms with Crippen molar-refractivity contribution >= 4 is 29.0 Å². The molecule has 100 valence electrons. The molecular weight excluding hydrogens is 267 g/mol. The standard InChI is InChI=1S/C14H13FN2O.ClH/c15-8-2-1-3-9-10(8)12(16)11-13(17-9)6-4-7(5-6)14(11)18;/h1-3,6-7,14,18H,4-5H2,(H2,16,17);1H. The number of benzene rings is 1. The van der Waals surface area contributed by atoms with Crippen molar-refractivity contribution in [2.45, 2.75) is 24.9 Å². The number of aliphatic hydroxyl groups is 1. The van der Waals surface area contributed by atoms with E-state index in [0.29, 0.717) is 28.1 Å². The zero-order chi connectivity index (χ0) is 12.4. The number of nitrogens with zero attached hydrogens (tertiary/aromatic N) is 1. The molecule has 3 nitrogen and oxygen atoms in total. The third-order valence-corrected chi connectivity index (χ3v) is 4.37. The zero-order valence-corrected chi connectivity index (χ0v) is 11.0. The molecule has 0 amide bonds. The number of fused-ring (bicyclic) bond motifs is 1. The van der Waals surface area contributed by atoms with Crippen LogP contribution in [-0.2, 0) is 0 Å². The van der Waals surface area contributed by atoms with Crippen molar-refractivity contribution in [1.82, 2.24) is 4.98 Å². The van der Waals surface area contributed by atoms with Crippen molar-refractivity contribution in [3.8, 4) is 0 Å². The molecule has 2 bridgehead atoms. The molecule has 0 aliphatic heterocycles. The highest BCUT2D eigenvalue weighted by Gasteiger charge is 2.45. The van der Waals surface area contributed by atoms with Crippen molar-refractivity contribution < 1.29 is 9.50 Å². The highest BCUT2D eigenvalue weighted by molar-refractivity contribution is 5.93. The number of nitrogens with two attached hydrogens (primary N) is 1. The summed E-state index contributed by atoms with van der Waals surface area (Å²) in [6.07, 6.45) is 1.37. The SMILES string of the molecule is Cl.Nc1c2c(nc3cccc(F)c13)C1CC(C1)C2O. The minimum Gasteiger partial charge on any atom is -0.398 e. The lowest BCUT2D eigenvalue weighted by Gasteiger charge is -2.45. The van der Waals surface area contributed by atoms with Crippen molar-refractivity contribution in [3.05, 3.63) is 35.3 Å². The summed E-state index contributed by atoms with van der Waals surface area (Å²) in [5.41, 5.74) is 8.57. The molecule has 1 atom stereocenters. The molecule has 5 heteroatoms. The third-order valence-electron chi connectivity index (χ3n) is 4.37. The molecule has 0 radical (unpaired) electrons. The van der Waals surface area contributed by atoms with Gasteiger partial charge in [0.2, 0.25) is 0 Å². The average Bonchev–Trinajstić information content (AvgIpc) is 2.26. The summed E-state index contributed by atoms with van der Waals surface area (Å²) >= 11 is 0. The number of nitrogen functional groups attached to an aromatic ring is 1. The Hall–Kier alpha value is -1.39. The lowest BCUT2D eigenvalue weighted by Crippen LogP contribution is -2.36. The molecule has 2 aromatic rings. The van der Waals surface area contributed by atoms with Crippen LogP contribution < -0.4 is 5.73 Å². The summed E-state index contributed by atoms with van der Waals surface area (Å²) in [5.74, 6) is 0.297. The average molecular weight is 281 g/mol. The normalized spacial score (nSPS) is 27.4. The summed E-state index contributed by atoms with van der Waals surface area (Å²) < 4.78 is 13.9. The van der Waals surface area contributed by atoms with Gasteiger partial charge in [-0.2, -0.15) is 0 Å². The van der Waals surface area contributed by atoms with E-state index in [9.17, 15) is 9.50 Å².